The third kappa shape index (κ3) is 4.82. The maximum Gasteiger partial charge on any atom is 0.259 e. The number of nitriles is 1. The van der Waals surface area contributed by atoms with Crippen LogP contribution in [0.15, 0.2) is 24.3 Å². The first kappa shape index (κ1) is 21.8. The Morgan fingerprint density at radius 2 is 2.07 bits per heavy atom. The molecule has 0 atom stereocenters. The Hall–Kier alpha value is -2.86. The van der Waals surface area contributed by atoms with E-state index in [0.29, 0.717) is 0 Å². The van der Waals surface area contributed by atoms with Crippen LogP contribution in [0.25, 0.3) is 0 Å². The highest BCUT2D eigenvalue weighted by Crippen LogP contribution is 2.32. The van der Waals surface area contributed by atoms with Crippen molar-refractivity contribution in [2.75, 3.05) is 23.3 Å². The van der Waals surface area contributed by atoms with Crippen molar-refractivity contribution < 1.29 is 22.4 Å². The second-order valence-electron chi connectivity index (χ2n) is 6.88. The molecule has 2 heterocycles. The standard InChI is InChI=1S/C20H17ClF4N4O/c21-15-9-14(19(30)27-13-2-3-16(23)12(8-13)11-26)18(28-17(15)10-22)29-6-1-4-20(24,25)5-7-29/h2-3,8-9H,1,4-7,10H2,(H,27,30). The van der Waals surface area contributed by atoms with Crippen LogP contribution < -0.4 is 10.2 Å². The number of amides is 1. The smallest absolute Gasteiger partial charge is 0.259 e. The zero-order chi connectivity index (χ0) is 21.9. The minimum absolute atomic E-state index is 0.0368. The fraction of sp³-hybridized carbons (Fsp3) is 0.350. The lowest BCUT2D eigenvalue weighted by atomic mass is 10.1. The highest BCUT2D eigenvalue weighted by molar-refractivity contribution is 6.31. The van der Waals surface area contributed by atoms with Gasteiger partial charge in [0.15, 0.2) is 0 Å². The summed E-state index contributed by atoms with van der Waals surface area (Å²) in [4.78, 5) is 18.5. The number of alkyl halides is 3. The number of hydrogen-bond donors (Lipinski definition) is 1. The van der Waals surface area contributed by atoms with Crippen molar-refractivity contribution in [2.45, 2.75) is 31.9 Å². The van der Waals surface area contributed by atoms with E-state index >= 15 is 0 Å². The fourth-order valence-electron chi connectivity index (χ4n) is 3.18. The molecule has 0 spiro atoms. The van der Waals surface area contributed by atoms with E-state index in [-0.39, 0.29) is 59.3 Å². The van der Waals surface area contributed by atoms with Gasteiger partial charge in [-0.15, -0.1) is 0 Å². The van der Waals surface area contributed by atoms with Gasteiger partial charge in [-0.25, -0.2) is 22.5 Å². The second kappa shape index (κ2) is 8.88. The molecular weight excluding hydrogens is 424 g/mol. The SMILES string of the molecule is N#Cc1cc(NC(=O)c2cc(Cl)c(CF)nc2N2CCCC(F)(F)CC2)ccc1F. The number of aromatic nitrogens is 1. The quantitative estimate of drug-likeness (QED) is 0.672. The predicted molar refractivity (Wildman–Crippen MR) is 104 cm³/mol. The van der Waals surface area contributed by atoms with Crippen molar-refractivity contribution >= 4 is 29.0 Å². The summed E-state index contributed by atoms with van der Waals surface area (Å²) >= 11 is 6.02. The molecule has 5 nitrogen and oxygen atoms in total. The lowest BCUT2D eigenvalue weighted by molar-refractivity contribution is -0.0102. The Bertz CT molecular complexity index is 1010. The number of hydrogen-bond acceptors (Lipinski definition) is 4. The van der Waals surface area contributed by atoms with E-state index in [1.54, 1.807) is 6.07 Å². The largest absolute Gasteiger partial charge is 0.356 e. The monoisotopic (exact) mass is 440 g/mol. The van der Waals surface area contributed by atoms with Gasteiger partial charge in [0, 0.05) is 31.6 Å². The molecule has 1 aromatic heterocycles. The predicted octanol–water partition coefficient (Wildman–Crippen LogP) is 5.09. The summed E-state index contributed by atoms with van der Waals surface area (Å²) in [5.74, 6) is -4.21. The second-order valence-corrected chi connectivity index (χ2v) is 7.29. The number of carbonyl (C=O) groups is 1. The number of benzene rings is 1. The van der Waals surface area contributed by atoms with Crippen molar-refractivity contribution in [1.82, 2.24) is 4.98 Å². The summed E-state index contributed by atoms with van der Waals surface area (Å²) in [6.45, 7) is -0.838. The average molecular weight is 441 g/mol. The number of nitrogens with one attached hydrogen (secondary N) is 1. The average Bonchev–Trinajstić information content (AvgIpc) is 2.89. The van der Waals surface area contributed by atoms with Crippen LogP contribution in [0.1, 0.15) is 40.9 Å². The Labute approximate surface area is 175 Å². The molecule has 1 aliphatic rings. The van der Waals surface area contributed by atoms with Gasteiger partial charge in [-0.05, 0) is 30.7 Å². The number of anilines is 2. The third-order valence-electron chi connectivity index (χ3n) is 4.76. The number of carbonyl (C=O) groups excluding carboxylic acids is 1. The van der Waals surface area contributed by atoms with Gasteiger partial charge in [0.1, 0.15) is 24.4 Å². The molecule has 0 bridgehead atoms. The molecule has 30 heavy (non-hydrogen) atoms. The first-order chi connectivity index (χ1) is 14.2. The minimum Gasteiger partial charge on any atom is -0.356 e. The summed E-state index contributed by atoms with van der Waals surface area (Å²) in [5, 5.41) is 11.4. The maximum absolute atomic E-state index is 13.7. The van der Waals surface area contributed by atoms with Crippen LogP contribution >= 0.6 is 11.6 Å². The first-order valence-electron chi connectivity index (χ1n) is 9.13. The highest BCUT2D eigenvalue weighted by Gasteiger charge is 2.33. The Morgan fingerprint density at radius 1 is 1.30 bits per heavy atom. The molecule has 1 amide bonds. The van der Waals surface area contributed by atoms with Crippen LogP contribution in [0.4, 0.5) is 29.1 Å². The van der Waals surface area contributed by atoms with Gasteiger partial charge in [0.05, 0.1) is 21.8 Å². The number of pyridine rings is 1. The molecule has 3 rings (SSSR count). The molecule has 1 fully saturated rings. The molecule has 0 unspecified atom stereocenters. The molecule has 10 heteroatoms. The molecule has 0 aliphatic carbocycles. The van der Waals surface area contributed by atoms with E-state index in [1.165, 1.54) is 17.0 Å². The van der Waals surface area contributed by atoms with Crippen LogP contribution in [0.2, 0.25) is 5.02 Å². The van der Waals surface area contributed by atoms with Gasteiger partial charge in [0.25, 0.3) is 5.91 Å². The summed E-state index contributed by atoms with van der Waals surface area (Å²) in [7, 11) is 0. The summed E-state index contributed by atoms with van der Waals surface area (Å²) in [5.41, 5.74) is -0.248. The van der Waals surface area contributed by atoms with E-state index in [1.807, 2.05) is 0 Å². The Balaban J connectivity index is 1.96. The van der Waals surface area contributed by atoms with Crippen LogP contribution in [0, 0.1) is 17.1 Å². The summed E-state index contributed by atoms with van der Waals surface area (Å²) in [6, 6.07) is 6.36. The molecular formula is C20H17ClF4N4O. The zero-order valence-electron chi connectivity index (χ0n) is 15.7. The van der Waals surface area contributed by atoms with Crippen molar-refractivity contribution in [1.29, 1.82) is 5.26 Å². The van der Waals surface area contributed by atoms with E-state index in [2.05, 4.69) is 10.3 Å². The van der Waals surface area contributed by atoms with Gasteiger partial charge in [-0.1, -0.05) is 11.6 Å². The topological polar surface area (TPSA) is 69.0 Å². The molecule has 0 saturated carbocycles. The van der Waals surface area contributed by atoms with Gasteiger partial charge < -0.3 is 10.2 Å². The van der Waals surface area contributed by atoms with E-state index in [9.17, 15) is 22.4 Å². The van der Waals surface area contributed by atoms with Crippen molar-refractivity contribution in [3.8, 4) is 6.07 Å². The molecule has 158 valence electrons. The maximum atomic E-state index is 13.7. The van der Waals surface area contributed by atoms with Crippen LogP contribution in [-0.2, 0) is 6.67 Å². The van der Waals surface area contributed by atoms with Crippen LogP contribution in [0.5, 0.6) is 0 Å². The minimum atomic E-state index is -2.83. The molecule has 1 N–H and O–H groups in total. The Morgan fingerprint density at radius 3 is 2.77 bits per heavy atom. The number of nitrogens with zero attached hydrogens (tertiary/aromatic N) is 3. The zero-order valence-corrected chi connectivity index (χ0v) is 16.4. The highest BCUT2D eigenvalue weighted by atomic mass is 35.5. The van der Waals surface area contributed by atoms with E-state index in [4.69, 9.17) is 16.9 Å². The van der Waals surface area contributed by atoms with Crippen molar-refractivity contribution in [3.63, 3.8) is 0 Å². The molecule has 1 aliphatic heterocycles. The van der Waals surface area contributed by atoms with Gasteiger partial charge in [-0.3, -0.25) is 4.79 Å². The lowest BCUT2D eigenvalue weighted by Crippen LogP contribution is -2.29. The fourth-order valence-corrected chi connectivity index (χ4v) is 3.38. The van der Waals surface area contributed by atoms with Gasteiger partial charge in [0.2, 0.25) is 5.92 Å². The number of halogens is 5. The molecule has 0 radical (unpaired) electrons. The Kier molecular flexibility index (Phi) is 6.46. The van der Waals surface area contributed by atoms with Crippen LogP contribution in [0.3, 0.4) is 0 Å². The molecule has 1 saturated heterocycles. The van der Waals surface area contributed by atoms with Crippen LogP contribution in [-0.4, -0.2) is 29.9 Å². The van der Waals surface area contributed by atoms with Gasteiger partial charge in [-0.2, -0.15) is 5.26 Å². The number of rotatable bonds is 4. The summed E-state index contributed by atoms with van der Waals surface area (Å²) < 4.78 is 54.3. The van der Waals surface area contributed by atoms with E-state index in [0.717, 1.165) is 12.1 Å². The molecule has 1 aromatic carbocycles. The lowest BCUT2D eigenvalue weighted by Gasteiger charge is -2.25. The van der Waals surface area contributed by atoms with Gasteiger partial charge >= 0.3 is 0 Å². The van der Waals surface area contributed by atoms with Crippen molar-refractivity contribution in [2.24, 2.45) is 0 Å². The summed E-state index contributed by atoms with van der Waals surface area (Å²) in [6.07, 6.45) is -0.541. The first-order valence-corrected chi connectivity index (χ1v) is 9.51. The molecule has 2 aromatic rings. The van der Waals surface area contributed by atoms with E-state index < -0.39 is 30.7 Å². The normalized spacial score (nSPS) is 15.9. The third-order valence-corrected chi connectivity index (χ3v) is 5.09. The van der Waals surface area contributed by atoms with Crippen molar-refractivity contribution in [3.05, 3.63) is 51.9 Å².